The Morgan fingerprint density at radius 2 is 1.95 bits per heavy atom. The minimum Gasteiger partial charge on any atom is -0.339 e. The molecule has 2 N–H and O–H groups in total. The van der Waals surface area contributed by atoms with Gasteiger partial charge in [0, 0.05) is 38.9 Å². The van der Waals surface area contributed by atoms with E-state index in [1.165, 1.54) is 0 Å². The Labute approximate surface area is 127 Å². The van der Waals surface area contributed by atoms with Gasteiger partial charge in [0.1, 0.15) is 0 Å². The maximum Gasteiger partial charge on any atom is 0.240 e. The summed E-state index contributed by atoms with van der Waals surface area (Å²) in [5.74, 6) is 0.0694. The average Bonchev–Trinajstić information content (AvgIpc) is 2.46. The Morgan fingerprint density at radius 3 is 2.48 bits per heavy atom. The highest BCUT2D eigenvalue weighted by Crippen LogP contribution is 2.20. The second-order valence-electron chi connectivity index (χ2n) is 6.77. The number of aromatic nitrogens is 1. The molecule has 0 radical (unpaired) electrons. The molecule has 1 unspecified atom stereocenters. The molecular weight excluding hydrogens is 264 g/mol. The van der Waals surface area contributed by atoms with Crippen molar-refractivity contribution < 1.29 is 4.79 Å². The minimum atomic E-state index is -0.431. The fourth-order valence-corrected chi connectivity index (χ4v) is 2.41. The molecule has 1 saturated heterocycles. The first-order chi connectivity index (χ1) is 9.88. The summed E-state index contributed by atoms with van der Waals surface area (Å²) in [6, 6.07) is 5.53. The first-order valence-corrected chi connectivity index (χ1v) is 7.54. The Kier molecular flexibility index (Phi) is 4.96. The van der Waals surface area contributed by atoms with Gasteiger partial charge in [-0.2, -0.15) is 0 Å². The molecule has 1 atom stereocenters. The molecule has 1 amide bonds. The third-order valence-corrected chi connectivity index (χ3v) is 3.99. The highest BCUT2D eigenvalue weighted by atomic mass is 16.2. The quantitative estimate of drug-likeness (QED) is 0.905. The Morgan fingerprint density at radius 1 is 1.29 bits per heavy atom. The van der Waals surface area contributed by atoms with E-state index in [0.29, 0.717) is 0 Å². The third kappa shape index (κ3) is 4.25. The minimum absolute atomic E-state index is 0.0694. The summed E-state index contributed by atoms with van der Waals surface area (Å²) < 4.78 is 0. The normalized spacial score (nSPS) is 18.6. The molecule has 0 bridgehead atoms. The van der Waals surface area contributed by atoms with E-state index in [-0.39, 0.29) is 11.3 Å². The fourth-order valence-electron chi connectivity index (χ4n) is 2.41. The summed E-state index contributed by atoms with van der Waals surface area (Å²) in [6.07, 6.45) is 1.82. The SMILES string of the molecule is CC(C)(C)C(N)C(=O)N1CCN(Cc2ccccn2)CC1. The van der Waals surface area contributed by atoms with E-state index in [1.54, 1.807) is 0 Å². The molecule has 1 aliphatic rings. The molecule has 0 saturated carbocycles. The van der Waals surface area contributed by atoms with Crippen molar-refractivity contribution in [1.29, 1.82) is 0 Å². The van der Waals surface area contributed by atoms with Gasteiger partial charge in [-0.25, -0.2) is 0 Å². The molecule has 21 heavy (non-hydrogen) atoms. The first-order valence-electron chi connectivity index (χ1n) is 7.54. The molecule has 0 aliphatic carbocycles. The summed E-state index contributed by atoms with van der Waals surface area (Å²) in [4.78, 5) is 20.9. The van der Waals surface area contributed by atoms with Crippen LogP contribution in [0.25, 0.3) is 0 Å². The molecule has 1 fully saturated rings. The number of piperazine rings is 1. The monoisotopic (exact) mass is 290 g/mol. The molecule has 0 spiro atoms. The molecule has 0 aromatic carbocycles. The van der Waals surface area contributed by atoms with Gasteiger partial charge in [0.2, 0.25) is 5.91 Å². The number of nitrogens with zero attached hydrogens (tertiary/aromatic N) is 3. The van der Waals surface area contributed by atoms with E-state index in [9.17, 15) is 4.79 Å². The van der Waals surface area contributed by atoms with Crippen LogP contribution in [0.2, 0.25) is 0 Å². The molecule has 2 rings (SSSR count). The van der Waals surface area contributed by atoms with E-state index in [4.69, 9.17) is 5.73 Å². The van der Waals surface area contributed by atoms with Crippen LogP contribution in [-0.4, -0.2) is 52.9 Å². The van der Waals surface area contributed by atoms with Crippen LogP contribution >= 0.6 is 0 Å². The van der Waals surface area contributed by atoms with E-state index >= 15 is 0 Å². The number of hydrogen-bond acceptors (Lipinski definition) is 4. The van der Waals surface area contributed by atoms with Crippen LogP contribution in [0, 0.1) is 5.41 Å². The standard InChI is InChI=1S/C16H26N4O/c1-16(2,3)14(17)15(21)20-10-8-19(9-11-20)12-13-6-4-5-7-18-13/h4-7,14H,8-12,17H2,1-3H3. The lowest BCUT2D eigenvalue weighted by Gasteiger charge is -2.38. The lowest BCUT2D eigenvalue weighted by Crippen LogP contribution is -2.56. The zero-order chi connectivity index (χ0) is 15.5. The number of carbonyl (C=O) groups excluding carboxylic acids is 1. The highest BCUT2D eigenvalue weighted by molar-refractivity contribution is 5.82. The molecular formula is C16H26N4O. The number of carbonyl (C=O) groups is 1. The summed E-state index contributed by atoms with van der Waals surface area (Å²) in [7, 11) is 0. The second kappa shape index (κ2) is 6.54. The predicted octanol–water partition coefficient (Wildman–Crippen LogP) is 1.10. The smallest absolute Gasteiger partial charge is 0.240 e. The number of pyridine rings is 1. The topological polar surface area (TPSA) is 62.5 Å². The summed E-state index contributed by atoms with van der Waals surface area (Å²) in [6.45, 7) is 10.1. The van der Waals surface area contributed by atoms with Crippen LogP contribution in [0.5, 0.6) is 0 Å². The molecule has 1 aliphatic heterocycles. The van der Waals surface area contributed by atoms with E-state index in [2.05, 4.69) is 9.88 Å². The Balaban J connectivity index is 1.84. The lowest BCUT2D eigenvalue weighted by molar-refractivity contribution is -0.136. The van der Waals surface area contributed by atoms with Crippen LogP contribution < -0.4 is 5.73 Å². The van der Waals surface area contributed by atoms with Crippen molar-refractivity contribution in [3.63, 3.8) is 0 Å². The van der Waals surface area contributed by atoms with E-state index < -0.39 is 6.04 Å². The van der Waals surface area contributed by atoms with Crippen molar-refractivity contribution in [2.75, 3.05) is 26.2 Å². The average molecular weight is 290 g/mol. The summed E-state index contributed by atoms with van der Waals surface area (Å²) in [5.41, 5.74) is 6.95. The molecule has 5 heteroatoms. The zero-order valence-electron chi connectivity index (χ0n) is 13.2. The Hall–Kier alpha value is -1.46. The van der Waals surface area contributed by atoms with Gasteiger partial charge in [-0.3, -0.25) is 14.7 Å². The van der Waals surface area contributed by atoms with Crippen LogP contribution in [0.15, 0.2) is 24.4 Å². The number of rotatable bonds is 3. The third-order valence-electron chi connectivity index (χ3n) is 3.99. The molecule has 5 nitrogen and oxygen atoms in total. The van der Waals surface area contributed by atoms with Crippen molar-refractivity contribution in [2.45, 2.75) is 33.4 Å². The van der Waals surface area contributed by atoms with Gasteiger partial charge in [0.15, 0.2) is 0 Å². The van der Waals surface area contributed by atoms with Crippen molar-refractivity contribution in [2.24, 2.45) is 11.1 Å². The lowest BCUT2D eigenvalue weighted by atomic mass is 9.86. The van der Waals surface area contributed by atoms with Gasteiger partial charge in [-0.15, -0.1) is 0 Å². The maximum absolute atomic E-state index is 12.4. The van der Waals surface area contributed by atoms with Crippen molar-refractivity contribution in [1.82, 2.24) is 14.8 Å². The molecule has 1 aromatic rings. The molecule has 2 heterocycles. The van der Waals surface area contributed by atoms with E-state index in [1.807, 2.05) is 50.1 Å². The summed E-state index contributed by atoms with van der Waals surface area (Å²) >= 11 is 0. The van der Waals surface area contributed by atoms with Gasteiger partial charge >= 0.3 is 0 Å². The highest BCUT2D eigenvalue weighted by Gasteiger charge is 2.32. The van der Waals surface area contributed by atoms with Crippen molar-refractivity contribution in [3.05, 3.63) is 30.1 Å². The van der Waals surface area contributed by atoms with Crippen LogP contribution in [0.1, 0.15) is 26.5 Å². The fraction of sp³-hybridized carbons (Fsp3) is 0.625. The molecule has 1 aromatic heterocycles. The van der Waals surface area contributed by atoms with Gasteiger partial charge in [-0.05, 0) is 17.5 Å². The second-order valence-corrected chi connectivity index (χ2v) is 6.77. The van der Waals surface area contributed by atoms with Crippen LogP contribution in [0.3, 0.4) is 0 Å². The molecule has 116 valence electrons. The van der Waals surface area contributed by atoms with Gasteiger partial charge in [0.05, 0.1) is 11.7 Å². The maximum atomic E-state index is 12.4. The van der Waals surface area contributed by atoms with E-state index in [0.717, 1.165) is 38.4 Å². The zero-order valence-corrected chi connectivity index (χ0v) is 13.2. The Bertz CT molecular complexity index is 461. The first kappa shape index (κ1) is 15.9. The van der Waals surface area contributed by atoms with Crippen molar-refractivity contribution in [3.8, 4) is 0 Å². The van der Waals surface area contributed by atoms with Crippen molar-refractivity contribution >= 4 is 5.91 Å². The summed E-state index contributed by atoms with van der Waals surface area (Å²) in [5, 5.41) is 0. The predicted molar refractivity (Wildman–Crippen MR) is 83.5 cm³/mol. The number of hydrogen-bond donors (Lipinski definition) is 1. The number of amides is 1. The van der Waals surface area contributed by atoms with Crippen LogP contribution in [-0.2, 0) is 11.3 Å². The van der Waals surface area contributed by atoms with Gasteiger partial charge in [-0.1, -0.05) is 26.8 Å². The van der Waals surface area contributed by atoms with Crippen LogP contribution in [0.4, 0.5) is 0 Å². The van der Waals surface area contributed by atoms with Gasteiger partial charge < -0.3 is 10.6 Å². The van der Waals surface area contributed by atoms with Gasteiger partial charge in [0.25, 0.3) is 0 Å². The number of nitrogens with two attached hydrogens (primary N) is 1. The largest absolute Gasteiger partial charge is 0.339 e.